The van der Waals surface area contributed by atoms with Gasteiger partial charge < -0.3 is 31.1 Å². The monoisotopic (exact) mass is 382 g/mol. The van der Waals surface area contributed by atoms with Gasteiger partial charge in [-0.2, -0.15) is 0 Å². The lowest BCUT2D eigenvalue weighted by molar-refractivity contribution is -0.150. The molecule has 0 saturated heterocycles. The minimum atomic E-state index is -1.57. The zero-order valence-corrected chi connectivity index (χ0v) is 14.6. The van der Waals surface area contributed by atoms with Crippen LogP contribution in [0.3, 0.4) is 0 Å². The summed E-state index contributed by atoms with van der Waals surface area (Å²) in [6.45, 7) is 2.86. The van der Waals surface area contributed by atoms with E-state index in [1.54, 1.807) is 0 Å². The summed E-state index contributed by atoms with van der Waals surface area (Å²) in [5.41, 5.74) is 3.76. The topological polar surface area (TPSA) is 142 Å². The van der Waals surface area contributed by atoms with Gasteiger partial charge in [0, 0.05) is 12.3 Å². The Labute approximate surface area is 148 Å². The fourth-order valence-corrected chi connectivity index (χ4v) is 3.38. The number of Topliss-reactive ketones (excluding diaryl/α,β-unsaturated/α-hetero) is 1. The maximum absolute atomic E-state index is 12.2. The highest BCUT2D eigenvalue weighted by atomic mass is 35.5. The van der Waals surface area contributed by atoms with Crippen molar-refractivity contribution in [2.75, 3.05) is 0 Å². The highest BCUT2D eigenvalue weighted by molar-refractivity contribution is 6.45. The van der Waals surface area contributed by atoms with Crippen molar-refractivity contribution in [3.8, 4) is 0 Å². The van der Waals surface area contributed by atoms with Crippen LogP contribution in [-0.4, -0.2) is 61.7 Å². The molecule has 6 atom stereocenters. The Kier molecular flexibility index (Phi) is 5.37. The first-order valence-electron chi connectivity index (χ1n) is 7.36. The van der Waals surface area contributed by atoms with Crippen LogP contribution < -0.4 is 11.1 Å². The second-order valence-electron chi connectivity index (χ2n) is 6.29. The third kappa shape index (κ3) is 3.09. The Morgan fingerprint density at radius 2 is 2.04 bits per heavy atom. The summed E-state index contributed by atoms with van der Waals surface area (Å²) < 4.78 is 5.35. The van der Waals surface area contributed by atoms with Gasteiger partial charge in [0.05, 0.1) is 29.9 Å². The van der Waals surface area contributed by atoms with Crippen molar-refractivity contribution in [2.24, 2.45) is 11.7 Å². The first-order chi connectivity index (χ1) is 11.0. The third-order valence-corrected chi connectivity index (χ3v) is 5.33. The third-order valence-electron chi connectivity index (χ3n) is 4.46. The SMILES string of the molecule is C[C@H](N)C(=O)N[C@@H]1[C@H]2C(=C(O)O[C@]1(C)C(Cl)Cl)C(=O)C[C@@H](O)[C@@H]2O. The number of nitrogens with two attached hydrogens (primary N) is 1. The molecule has 136 valence electrons. The van der Waals surface area contributed by atoms with Crippen molar-refractivity contribution < 1.29 is 29.6 Å². The highest BCUT2D eigenvalue weighted by Crippen LogP contribution is 2.45. The summed E-state index contributed by atoms with van der Waals surface area (Å²) in [6.07, 6.45) is -3.18. The number of fused-ring (bicyclic) bond motifs is 1. The molecule has 0 bridgehead atoms. The molecule has 0 aromatic rings. The van der Waals surface area contributed by atoms with Crippen molar-refractivity contribution >= 4 is 34.9 Å². The van der Waals surface area contributed by atoms with Crippen molar-refractivity contribution in [3.63, 3.8) is 0 Å². The lowest BCUT2D eigenvalue weighted by atomic mass is 9.70. The molecule has 1 saturated carbocycles. The molecule has 2 aliphatic rings. The fourth-order valence-electron chi connectivity index (χ4n) is 3.02. The average Bonchev–Trinajstić information content (AvgIpc) is 2.46. The quantitative estimate of drug-likeness (QED) is 0.413. The molecule has 2 rings (SSSR count). The number of aliphatic hydroxyl groups excluding tert-OH is 3. The van der Waals surface area contributed by atoms with Crippen LogP contribution in [0.1, 0.15) is 20.3 Å². The molecule has 1 aliphatic carbocycles. The van der Waals surface area contributed by atoms with Gasteiger partial charge in [-0.1, -0.05) is 0 Å². The Hall–Kier alpha value is -1.06. The first kappa shape index (κ1) is 19.3. The van der Waals surface area contributed by atoms with E-state index in [1.807, 2.05) is 0 Å². The first-order valence-corrected chi connectivity index (χ1v) is 8.23. The maximum atomic E-state index is 12.2. The Balaban J connectivity index is 2.55. The summed E-state index contributed by atoms with van der Waals surface area (Å²) in [6, 6.07) is -1.99. The smallest absolute Gasteiger partial charge is 0.284 e. The zero-order valence-electron chi connectivity index (χ0n) is 13.1. The van der Waals surface area contributed by atoms with E-state index in [9.17, 15) is 24.9 Å². The summed E-state index contributed by atoms with van der Waals surface area (Å²) in [4.78, 5) is 23.0. The summed E-state index contributed by atoms with van der Waals surface area (Å²) in [5.74, 6) is -3.07. The van der Waals surface area contributed by atoms with E-state index in [1.165, 1.54) is 13.8 Å². The molecule has 0 unspecified atom stereocenters. The molecule has 1 aliphatic heterocycles. The van der Waals surface area contributed by atoms with Crippen molar-refractivity contribution in [3.05, 3.63) is 11.5 Å². The molecule has 10 heteroatoms. The number of ketones is 1. The molecule has 1 fully saturated rings. The van der Waals surface area contributed by atoms with Crippen molar-refractivity contribution in [2.45, 2.75) is 55.0 Å². The van der Waals surface area contributed by atoms with E-state index in [4.69, 9.17) is 33.7 Å². The minimum absolute atomic E-state index is 0.214. The van der Waals surface area contributed by atoms with Gasteiger partial charge in [0.25, 0.3) is 5.95 Å². The van der Waals surface area contributed by atoms with Crippen molar-refractivity contribution in [1.82, 2.24) is 5.32 Å². The van der Waals surface area contributed by atoms with E-state index < -0.39 is 58.3 Å². The van der Waals surface area contributed by atoms with Gasteiger partial charge in [0.15, 0.2) is 11.4 Å². The Bertz CT molecular complexity index is 582. The normalized spacial score (nSPS) is 37.8. The number of rotatable bonds is 3. The van der Waals surface area contributed by atoms with E-state index in [-0.39, 0.29) is 12.0 Å². The Morgan fingerprint density at radius 3 is 2.54 bits per heavy atom. The van der Waals surface area contributed by atoms with Gasteiger partial charge in [-0.05, 0) is 13.8 Å². The average molecular weight is 383 g/mol. The van der Waals surface area contributed by atoms with Gasteiger partial charge in [-0.25, -0.2) is 0 Å². The van der Waals surface area contributed by atoms with Crippen LogP contribution in [-0.2, 0) is 14.3 Å². The molecule has 0 aromatic heterocycles. The number of halogens is 2. The number of amides is 1. The molecule has 8 nitrogen and oxygen atoms in total. The highest BCUT2D eigenvalue weighted by Gasteiger charge is 2.58. The Morgan fingerprint density at radius 1 is 1.46 bits per heavy atom. The lowest BCUT2D eigenvalue weighted by Gasteiger charge is -2.50. The predicted molar refractivity (Wildman–Crippen MR) is 85.3 cm³/mol. The fraction of sp³-hybridized carbons (Fsp3) is 0.714. The van der Waals surface area contributed by atoms with E-state index in [2.05, 4.69) is 5.32 Å². The number of hydrogen-bond acceptors (Lipinski definition) is 7. The number of carbonyl (C=O) groups excluding carboxylic acids is 2. The summed E-state index contributed by atoms with van der Waals surface area (Å²) >= 11 is 11.9. The van der Waals surface area contributed by atoms with Crippen LogP contribution in [0.15, 0.2) is 11.5 Å². The number of aliphatic hydroxyl groups is 3. The molecule has 1 heterocycles. The van der Waals surface area contributed by atoms with Gasteiger partial charge in [0.1, 0.15) is 4.84 Å². The maximum Gasteiger partial charge on any atom is 0.284 e. The molecule has 6 N–H and O–H groups in total. The molecule has 1 amide bonds. The number of ether oxygens (including phenoxy) is 1. The molecule has 0 radical (unpaired) electrons. The largest absolute Gasteiger partial charge is 0.481 e. The summed E-state index contributed by atoms with van der Waals surface area (Å²) in [7, 11) is 0. The number of hydrogen-bond donors (Lipinski definition) is 5. The predicted octanol–water partition coefficient (Wildman–Crippen LogP) is -0.509. The van der Waals surface area contributed by atoms with Gasteiger partial charge in [0.2, 0.25) is 5.91 Å². The number of nitrogens with one attached hydrogen (secondary N) is 1. The molecule has 24 heavy (non-hydrogen) atoms. The lowest BCUT2D eigenvalue weighted by Crippen LogP contribution is -2.67. The number of carbonyl (C=O) groups is 2. The van der Waals surface area contributed by atoms with Gasteiger partial charge in [-0.3, -0.25) is 9.59 Å². The van der Waals surface area contributed by atoms with E-state index in [0.717, 1.165) is 0 Å². The second kappa shape index (κ2) is 6.68. The van der Waals surface area contributed by atoms with Gasteiger partial charge >= 0.3 is 0 Å². The van der Waals surface area contributed by atoms with Crippen LogP contribution in [0.4, 0.5) is 0 Å². The molecular weight excluding hydrogens is 363 g/mol. The number of alkyl halides is 2. The van der Waals surface area contributed by atoms with Crippen LogP contribution in [0.2, 0.25) is 0 Å². The van der Waals surface area contributed by atoms with E-state index >= 15 is 0 Å². The van der Waals surface area contributed by atoms with Crippen molar-refractivity contribution in [1.29, 1.82) is 0 Å². The van der Waals surface area contributed by atoms with Crippen LogP contribution >= 0.6 is 23.2 Å². The van der Waals surface area contributed by atoms with Crippen LogP contribution in [0.25, 0.3) is 0 Å². The molecule has 0 aromatic carbocycles. The second-order valence-corrected chi connectivity index (χ2v) is 7.39. The van der Waals surface area contributed by atoms with Crippen LogP contribution in [0, 0.1) is 5.92 Å². The molecule has 0 spiro atoms. The summed E-state index contributed by atoms with van der Waals surface area (Å²) in [5, 5.41) is 33.0. The van der Waals surface area contributed by atoms with Crippen LogP contribution in [0.5, 0.6) is 0 Å². The standard InChI is InChI=1S/C14H20Cl2N2O6/c1-4(17)11(22)18-10-8-7(5(19)3-6(20)9(8)21)12(23)24-14(10,2)13(15)16/h4,6,8-10,13,20-21,23H,3,17H2,1-2H3,(H,18,22)/t4-,6+,8-,9-,10+,14-/m0/s1. The zero-order chi connectivity index (χ0) is 18.4. The minimum Gasteiger partial charge on any atom is -0.481 e. The van der Waals surface area contributed by atoms with Gasteiger partial charge in [-0.15, -0.1) is 23.2 Å². The molecular formula is C14H20Cl2N2O6. The van der Waals surface area contributed by atoms with E-state index in [0.29, 0.717) is 0 Å².